The highest BCUT2D eigenvalue weighted by atomic mass is 15.1. The summed E-state index contributed by atoms with van der Waals surface area (Å²) in [5.74, 6) is 0. The Morgan fingerprint density at radius 3 is 3.10 bits per heavy atom. The molecule has 0 spiro atoms. The summed E-state index contributed by atoms with van der Waals surface area (Å²) in [5, 5.41) is 7.42. The first-order valence-corrected chi connectivity index (χ1v) is 2.84. The smallest absolute Gasteiger partial charge is 0.138 e. The Bertz CT molecular complexity index is 281. The second-order valence-corrected chi connectivity index (χ2v) is 1.82. The molecule has 48 valence electrons. The van der Waals surface area contributed by atoms with E-state index in [2.05, 4.69) is 20.2 Å². The first-order valence-electron chi connectivity index (χ1n) is 2.84. The summed E-state index contributed by atoms with van der Waals surface area (Å²) < 4.78 is 0. The fourth-order valence-corrected chi connectivity index (χ4v) is 0.741. The average Bonchev–Trinajstić information content (AvgIpc) is 2.05. The van der Waals surface area contributed by atoms with Crippen molar-refractivity contribution in [1.82, 2.24) is 20.2 Å². The molecule has 0 atom stereocenters. The van der Waals surface area contributed by atoms with E-state index in [-0.39, 0.29) is 0 Å². The van der Waals surface area contributed by atoms with E-state index in [0.717, 1.165) is 11.0 Å². The summed E-state index contributed by atoms with van der Waals surface area (Å²) in [6.45, 7) is 0. The maximum atomic E-state index is 3.97. The van der Waals surface area contributed by atoms with E-state index in [1.807, 2.05) is 0 Å². The number of rotatable bonds is 0. The highest BCUT2D eigenvalue weighted by Crippen LogP contribution is 2.00. The Balaban J connectivity index is 2.89. The minimum absolute atomic E-state index is 0.727. The predicted octanol–water partition coefficient (Wildman–Crippen LogP) is 0.420. The number of fused-ring (bicyclic) bond motifs is 1. The zero-order chi connectivity index (χ0) is 6.81. The van der Waals surface area contributed by atoms with Crippen LogP contribution in [0.2, 0.25) is 0 Å². The molecule has 4 nitrogen and oxygen atoms in total. The van der Waals surface area contributed by atoms with Crippen LogP contribution in [-0.2, 0) is 0 Å². The third-order valence-corrected chi connectivity index (χ3v) is 1.19. The minimum Gasteiger partial charge on any atom is -0.262 e. The number of aromatic nitrogens is 4. The van der Waals surface area contributed by atoms with E-state index in [1.54, 1.807) is 18.5 Å². The van der Waals surface area contributed by atoms with E-state index in [1.165, 1.54) is 6.33 Å². The maximum absolute atomic E-state index is 3.97. The third kappa shape index (κ3) is 0.699. The fraction of sp³-hybridized carbons (Fsp3) is 0. The highest BCUT2D eigenvalue weighted by Gasteiger charge is 1.90. The van der Waals surface area contributed by atoms with Crippen molar-refractivity contribution in [3.63, 3.8) is 0 Å². The first-order chi connectivity index (χ1) is 4.97. The van der Waals surface area contributed by atoms with Crippen LogP contribution in [-0.4, -0.2) is 20.2 Å². The van der Waals surface area contributed by atoms with Gasteiger partial charge in [-0.05, 0) is 6.07 Å². The summed E-state index contributed by atoms with van der Waals surface area (Å²) in [7, 11) is 0. The summed E-state index contributed by atoms with van der Waals surface area (Å²) in [4.78, 5) is 7.84. The van der Waals surface area contributed by atoms with Crippen molar-refractivity contribution in [3.05, 3.63) is 24.8 Å². The van der Waals surface area contributed by atoms with Gasteiger partial charge in [-0.3, -0.25) is 4.98 Å². The predicted molar refractivity (Wildman–Crippen MR) is 35.1 cm³/mol. The van der Waals surface area contributed by atoms with Crippen molar-refractivity contribution >= 4 is 11.0 Å². The van der Waals surface area contributed by atoms with Gasteiger partial charge in [0, 0.05) is 6.20 Å². The maximum Gasteiger partial charge on any atom is 0.138 e. The van der Waals surface area contributed by atoms with E-state index < -0.39 is 0 Å². The lowest BCUT2D eigenvalue weighted by Gasteiger charge is -1.88. The minimum atomic E-state index is 0.727. The molecule has 10 heavy (non-hydrogen) atoms. The van der Waals surface area contributed by atoms with E-state index >= 15 is 0 Å². The number of hydrogen-bond acceptors (Lipinski definition) is 4. The summed E-state index contributed by atoms with van der Waals surface area (Å²) in [6.07, 6.45) is 4.73. The number of hydrogen-bond donors (Lipinski definition) is 0. The SMILES string of the molecule is c1cc2ncnnc2cn1. The molecule has 4 heteroatoms. The van der Waals surface area contributed by atoms with E-state index in [9.17, 15) is 0 Å². The molecule has 2 aromatic heterocycles. The van der Waals surface area contributed by atoms with Crippen molar-refractivity contribution in [2.75, 3.05) is 0 Å². The van der Waals surface area contributed by atoms with Gasteiger partial charge in [0.25, 0.3) is 0 Å². The van der Waals surface area contributed by atoms with Gasteiger partial charge in [0.15, 0.2) is 0 Å². The molecule has 0 saturated heterocycles. The lowest BCUT2D eigenvalue weighted by Crippen LogP contribution is -1.85. The Morgan fingerprint density at radius 1 is 1.20 bits per heavy atom. The summed E-state index contributed by atoms with van der Waals surface area (Å²) in [5.41, 5.74) is 1.55. The molecule has 0 radical (unpaired) electrons. The van der Waals surface area contributed by atoms with Crippen molar-refractivity contribution in [1.29, 1.82) is 0 Å². The molecule has 0 unspecified atom stereocenters. The van der Waals surface area contributed by atoms with Crippen LogP contribution in [0, 0.1) is 0 Å². The molecule has 0 aliphatic heterocycles. The van der Waals surface area contributed by atoms with Crippen LogP contribution in [0.15, 0.2) is 24.8 Å². The normalized spacial score (nSPS) is 10.0. The Kier molecular flexibility index (Phi) is 1.04. The molecule has 0 aromatic carbocycles. The molecular formula is C6H4N4. The summed E-state index contributed by atoms with van der Waals surface area (Å²) >= 11 is 0. The molecule has 2 aromatic rings. The lowest BCUT2D eigenvalue weighted by molar-refractivity contribution is 1.02. The monoisotopic (exact) mass is 132 g/mol. The van der Waals surface area contributed by atoms with Crippen molar-refractivity contribution in [2.24, 2.45) is 0 Å². The fourth-order valence-electron chi connectivity index (χ4n) is 0.741. The van der Waals surface area contributed by atoms with Gasteiger partial charge in [0.1, 0.15) is 11.8 Å². The van der Waals surface area contributed by atoms with E-state index in [0.29, 0.717) is 0 Å². The van der Waals surface area contributed by atoms with Crippen LogP contribution in [0.25, 0.3) is 11.0 Å². The van der Waals surface area contributed by atoms with E-state index in [4.69, 9.17) is 0 Å². The van der Waals surface area contributed by atoms with Crippen LogP contribution >= 0.6 is 0 Å². The molecule has 0 N–H and O–H groups in total. The van der Waals surface area contributed by atoms with Crippen molar-refractivity contribution in [3.8, 4) is 0 Å². The molecule has 0 bridgehead atoms. The molecule has 2 rings (SSSR count). The average molecular weight is 132 g/mol. The quantitative estimate of drug-likeness (QED) is 0.521. The third-order valence-electron chi connectivity index (χ3n) is 1.19. The standard InChI is InChI=1S/C6H4N4/c1-2-7-3-6-5(1)8-4-9-10-6/h1-4H. The van der Waals surface area contributed by atoms with Gasteiger partial charge >= 0.3 is 0 Å². The molecule has 0 aliphatic carbocycles. The first kappa shape index (κ1) is 5.22. The van der Waals surface area contributed by atoms with Gasteiger partial charge in [-0.25, -0.2) is 4.98 Å². The van der Waals surface area contributed by atoms with Crippen molar-refractivity contribution in [2.45, 2.75) is 0 Å². The largest absolute Gasteiger partial charge is 0.262 e. The molecule has 0 fully saturated rings. The number of pyridine rings is 1. The van der Waals surface area contributed by atoms with Crippen LogP contribution < -0.4 is 0 Å². The Morgan fingerprint density at radius 2 is 2.20 bits per heavy atom. The van der Waals surface area contributed by atoms with Gasteiger partial charge in [-0.1, -0.05) is 0 Å². The summed E-state index contributed by atoms with van der Waals surface area (Å²) in [6, 6.07) is 1.80. The molecule has 2 heterocycles. The van der Waals surface area contributed by atoms with Crippen molar-refractivity contribution < 1.29 is 0 Å². The zero-order valence-electron chi connectivity index (χ0n) is 5.10. The van der Waals surface area contributed by atoms with Gasteiger partial charge in [-0.15, -0.1) is 10.2 Å². The molecular weight excluding hydrogens is 128 g/mol. The molecule has 0 saturated carbocycles. The Labute approximate surface area is 57.0 Å². The zero-order valence-corrected chi connectivity index (χ0v) is 5.10. The van der Waals surface area contributed by atoms with Crippen LogP contribution in [0.4, 0.5) is 0 Å². The van der Waals surface area contributed by atoms with Crippen LogP contribution in [0.3, 0.4) is 0 Å². The second kappa shape index (κ2) is 1.98. The van der Waals surface area contributed by atoms with Gasteiger partial charge in [0.05, 0.1) is 11.7 Å². The van der Waals surface area contributed by atoms with Gasteiger partial charge in [0.2, 0.25) is 0 Å². The van der Waals surface area contributed by atoms with Gasteiger partial charge < -0.3 is 0 Å². The molecule has 0 aliphatic rings. The molecule has 0 amide bonds. The topological polar surface area (TPSA) is 51.6 Å². The second-order valence-electron chi connectivity index (χ2n) is 1.82. The van der Waals surface area contributed by atoms with Crippen LogP contribution in [0.1, 0.15) is 0 Å². The number of nitrogens with zero attached hydrogens (tertiary/aromatic N) is 4. The lowest BCUT2D eigenvalue weighted by atomic mass is 10.4. The Hall–Kier alpha value is -1.58. The van der Waals surface area contributed by atoms with Crippen LogP contribution in [0.5, 0.6) is 0 Å². The van der Waals surface area contributed by atoms with Gasteiger partial charge in [-0.2, -0.15) is 0 Å². The highest BCUT2D eigenvalue weighted by molar-refractivity contribution is 5.71.